The number of tetrazole rings is 1. The molecule has 1 heterocycles. The van der Waals surface area contributed by atoms with E-state index in [1.165, 1.54) is 24.3 Å². The number of nitrogens with one attached hydrogen (secondary N) is 1. The average Bonchev–Trinajstić information content (AvgIpc) is 3.27. The summed E-state index contributed by atoms with van der Waals surface area (Å²) in [6, 6.07) is 19.1. The smallest absolute Gasteiger partial charge is 0.261 e. The summed E-state index contributed by atoms with van der Waals surface area (Å²) in [7, 11) is -2.32. The van der Waals surface area contributed by atoms with Crippen LogP contribution in [0.1, 0.15) is 10.4 Å². The highest BCUT2D eigenvalue weighted by Gasteiger charge is 2.19. The number of benzene rings is 3. The van der Waals surface area contributed by atoms with Crippen LogP contribution in [0.5, 0.6) is 5.75 Å². The van der Waals surface area contributed by atoms with Crippen LogP contribution in [0.15, 0.2) is 77.7 Å². The molecule has 0 aliphatic rings. The Bertz CT molecular complexity index is 1390. The normalized spacial score (nSPS) is 11.2. The van der Waals surface area contributed by atoms with Gasteiger partial charge in [-0.2, -0.15) is 4.80 Å². The molecule has 33 heavy (non-hydrogen) atoms. The van der Waals surface area contributed by atoms with Gasteiger partial charge in [0.15, 0.2) is 5.78 Å². The maximum Gasteiger partial charge on any atom is 0.261 e. The number of carbonyl (C=O) groups is 1. The van der Waals surface area contributed by atoms with Crippen LogP contribution in [-0.2, 0) is 16.6 Å². The summed E-state index contributed by atoms with van der Waals surface area (Å²) in [5.41, 5.74) is 1.16. The van der Waals surface area contributed by atoms with Gasteiger partial charge in [-0.1, -0.05) is 23.7 Å². The molecule has 11 heteroatoms. The zero-order chi connectivity index (χ0) is 23.4. The molecule has 0 saturated heterocycles. The molecule has 1 N–H and O–H groups in total. The maximum atomic E-state index is 12.8. The molecule has 3 aromatic carbocycles. The second-order valence-corrected chi connectivity index (χ2v) is 9.02. The second-order valence-electron chi connectivity index (χ2n) is 6.90. The Labute approximate surface area is 195 Å². The van der Waals surface area contributed by atoms with E-state index in [1.54, 1.807) is 55.6 Å². The molecule has 1 aromatic heterocycles. The first-order valence-electron chi connectivity index (χ1n) is 9.68. The van der Waals surface area contributed by atoms with Crippen LogP contribution in [0.3, 0.4) is 0 Å². The maximum absolute atomic E-state index is 12.8. The lowest BCUT2D eigenvalue weighted by Gasteiger charge is -2.11. The third-order valence-corrected chi connectivity index (χ3v) is 6.32. The zero-order valence-electron chi connectivity index (χ0n) is 17.3. The minimum atomic E-state index is -3.87. The van der Waals surface area contributed by atoms with Crippen LogP contribution < -0.4 is 9.46 Å². The summed E-state index contributed by atoms with van der Waals surface area (Å²) in [4.78, 5) is 13.7. The molecule has 0 atom stereocenters. The van der Waals surface area contributed by atoms with Gasteiger partial charge in [-0.25, -0.2) is 8.42 Å². The van der Waals surface area contributed by atoms with E-state index in [0.29, 0.717) is 21.9 Å². The number of Topliss-reactive ketones (excluding diaryl/α,β-unsaturated/α-hetero) is 1. The van der Waals surface area contributed by atoms with Crippen molar-refractivity contribution in [3.63, 3.8) is 0 Å². The fourth-order valence-electron chi connectivity index (χ4n) is 3.00. The van der Waals surface area contributed by atoms with Crippen molar-refractivity contribution in [1.29, 1.82) is 0 Å². The SMILES string of the molecule is COc1ccc(C(=O)Cn2nnc(-c3ccccc3NS(=O)(=O)c3ccc(Cl)cc3)n2)cc1. The predicted molar refractivity (Wildman–Crippen MR) is 123 cm³/mol. The van der Waals surface area contributed by atoms with Gasteiger partial charge >= 0.3 is 0 Å². The van der Waals surface area contributed by atoms with Crippen LogP contribution in [0.4, 0.5) is 5.69 Å². The number of ketones is 1. The van der Waals surface area contributed by atoms with Crippen molar-refractivity contribution in [1.82, 2.24) is 20.2 Å². The lowest BCUT2D eigenvalue weighted by atomic mass is 10.1. The van der Waals surface area contributed by atoms with E-state index in [0.717, 1.165) is 4.80 Å². The quantitative estimate of drug-likeness (QED) is 0.380. The number of halogens is 1. The summed E-state index contributed by atoms with van der Waals surface area (Å²) in [6.07, 6.45) is 0. The summed E-state index contributed by atoms with van der Waals surface area (Å²) < 4.78 is 33.2. The number of para-hydroxylation sites is 1. The van der Waals surface area contributed by atoms with Crippen LogP contribution >= 0.6 is 11.6 Å². The molecule has 4 rings (SSSR count). The van der Waals surface area contributed by atoms with Crippen molar-refractivity contribution in [3.05, 3.63) is 83.4 Å². The van der Waals surface area contributed by atoms with Gasteiger partial charge in [0.2, 0.25) is 5.82 Å². The molecule has 168 valence electrons. The fourth-order valence-corrected chi connectivity index (χ4v) is 4.20. The van der Waals surface area contributed by atoms with E-state index in [-0.39, 0.29) is 28.7 Å². The number of methoxy groups -OCH3 is 1. The molecule has 0 spiro atoms. The van der Waals surface area contributed by atoms with Crippen LogP contribution in [-0.4, -0.2) is 41.5 Å². The summed E-state index contributed by atoms with van der Waals surface area (Å²) in [5, 5.41) is 12.6. The molecule has 0 fully saturated rings. The molecule has 0 unspecified atom stereocenters. The Hall–Kier alpha value is -3.76. The molecule has 0 saturated carbocycles. The molecular formula is C22H18ClN5O4S. The second kappa shape index (κ2) is 9.39. The van der Waals surface area contributed by atoms with Crippen molar-refractivity contribution < 1.29 is 17.9 Å². The topological polar surface area (TPSA) is 116 Å². The monoisotopic (exact) mass is 483 g/mol. The van der Waals surface area contributed by atoms with Gasteiger partial charge in [0.1, 0.15) is 12.3 Å². The van der Waals surface area contributed by atoms with Gasteiger partial charge in [0.25, 0.3) is 10.0 Å². The Morgan fingerprint density at radius 1 is 1.03 bits per heavy atom. The van der Waals surface area contributed by atoms with Crippen LogP contribution in [0, 0.1) is 0 Å². The Kier molecular flexibility index (Phi) is 6.38. The van der Waals surface area contributed by atoms with Crippen molar-refractivity contribution in [2.75, 3.05) is 11.8 Å². The standard InChI is InChI=1S/C22H18ClN5O4S/c1-32-17-10-6-15(7-11-17)21(29)14-28-25-22(24-27-28)19-4-2-3-5-20(19)26-33(30,31)18-12-8-16(23)9-13-18/h2-13,26H,14H2,1H3. The van der Waals surface area contributed by atoms with Gasteiger partial charge < -0.3 is 4.74 Å². The number of hydrogen-bond acceptors (Lipinski definition) is 7. The number of sulfonamides is 1. The van der Waals surface area contributed by atoms with Crippen molar-refractivity contribution in [3.8, 4) is 17.1 Å². The van der Waals surface area contributed by atoms with E-state index >= 15 is 0 Å². The fraction of sp³-hybridized carbons (Fsp3) is 0.0909. The lowest BCUT2D eigenvalue weighted by molar-refractivity contribution is 0.0961. The lowest BCUT2D eigenvalue weighted by Crippen LogP contribution is -2.14. The van der Waals surface area contributed by atoms with E-state index in [1.807, 2.05) is 0 Å². The highest BCUT2D eigenvalue weighted by Crippen LogP contribution is 2.27. The number of aromatic nitrogens is 4. The number of ether oxygens (including phenoxy) is 1. The predicted octanol–water partition coefficient (Wildman–Crippen LogP) is 3.69. The summed E-state index contributed by atoms with van der Waals surface area (Å²) >= 11 is 5.85. The van der Waals surface area contributed by atoms with Crippen LogP contribution in [0.2, 0.25) is 5.02 Å². The van der Waals surface area contributed by atoms with Crippen LogP contribution in [0.25, 0.3) is 11.4 Å². The Morgan fingerprint density at radius 3 is 2.42 bits per heavy atom. The first-order valence-corrected chi connectivity index (χ1v) is 11.5. The number of hydrogen-bond donors (Lipinski definition) is 1. The highest BCUT2D eigenvalue weighted by molar-refractivity contribution is 7.92. The first-order chi connectivity index (χ1) is 15.9. The van der Waals surface area contributed by atoms with Crippen molar-refractivity contribution >= 4 is 33.1 Å². The van der Waals surface area contributed by atoms with Gasteiger partial charge in [0.05, 0.1) is 17.7 Å². The van der Waals surface area contributed by atoms with Crippen molar-refractivity contribution in [2.45, 2.75) is 11.4 Å². The number of carbonyl (C=O) groups excluding carboxylic acids is 1. The Balaban J connectivity index is 1.55. The summed E-state index contributed by atoms with van der Waals surface area (Å²) in [5.74, 6) is 0.607. The average molecular weight is 484 g/mol. The van der Waals surface area contributed by atoms with Gasteiger partial charge in [-0.3, -0.25) is 9.52 Å². The molecule has 0 radical (unpaired) electrons. The van der Waals surface area contributed by atoms with E-state index in [9.17, 15) is 13.2 Å². The third-order valence-electron chi connectivity index (χ3n) is 4.69. The minimum Gasteiger partial charge on any atom is -0.497 e. The highest BCUT2D eigenvalue weighted by atomic mass is 35.5. The number of anilines is 1. The molecule has 0 aliphatic carbocycles. The molecule has 9 nitrogen and oxygen atoms in total. The molecule has 0 aliphatic heterocycles. The minimum absolute atomic E-state index is 0.0587. The van der Waals surface area contributed by atoms with Gasteiger partial charge in [-0.15, -0.1) is 10.2 Å². The molecule has 0 bridgehead atoms. The van der Waals surface area contributed by atoms with Gasteiger partial charge in [-0.05, 0) is 65.9 Å². The number of rotatable bonds is 8. The third kappa shape index (κ3) is 5.18. The molecular weight excluding hydrogens is 466 g/mol. The summed E-state index contributed by atoms with van der Waals surface area (Å²) in [6.45, 7) is -0.127. The molecule has 0 amide bonds. The van der Waals surface area contributed by atoms with E-state index < -0.39 is 10.0 Å². The van der Waals surface area contributed by atoms with E-state index in [4.69, 9.17) is 16.3 Å². The van der Waals surface area contributed by atoms with Crippen molar-refractivity contribution in [2.24, 2.45) is 0 Å². The first kappa shape index (κ1) is 22.4. The zero-order valence-corrected chi connectivity index (χ0v) is 18.9. The molecule has 4 aromatic rings. The van der Waals surface area contributed by atoms with E-state index in [2.05, 4.69) is 20.1 Å². The largest absolute Gasteiger partial charge is 0.497 e. The van der Waals surface area contributed by atoms with Gasteiger partial charge in [0, 0.05) is 16.1 Å². The number of nitrogens with zero attached hydrogens (tertiary/aromatic N) is 4. The Morgan fingerprint density at radius 2 is 1.73 bits per heavy atom.